The van der Waals surface area contributed by atoms with Crippen LogP contribution in [0, 0.1) is 5.92 Å². The number of benzene rings is 2. The summed E-state index contributed by atoms with van der Waals surface area (Å²) in [4.78, 5) is 26.3. The number of hydrogen-bond acceptors (Lipinski definition) is 3. The van der Waals surface area contributed by atoms with Crippen LogP contribution in [0.1, 0.15) is 6.42 Å². The summed E-state index contributed by atoms with van der Waals surface area (Å²) in [7, 11) is 1.60. The summed E-state index contributed by atoms with van der Waals surface area (Å²) in [6.07, 6.45) is 0.217. The van der Waals surface area contributed by atoms with Gasteiger partial charge in [-0.3, -0.25) is 9.59 Å². The van der Waals surface area contributed by atoms with Gasteiger partial charge in [-0.2, -0.15) is 0 Å². The highest BCUT2D eigenvalue weighted by molar-refractivity contribution is 9.10. The van der Waals surface area contributed by atoms with Gasteiger partial charge in [0.2, 0.25) is 11.8 Å². The molecule has 0 saturated carbocycles. The number of hydrogen-bond donors (Lipinski definition) is 1. The van der Waals surface area contributed by atoms with Crippen LogP contribution in [0.25, 0.3) is 0 Å². The highest BCUT2D eigenvalue weighted by atomic mass is 79.9. The SMILES string of the molecule is COc1ccc(N2C[C@@H](C(=O)Nc3ccc(Br)cc3)CC2=O)cc1. The van der Waals surface area contributed by atoms with E-state index < -0.39 is 0 Å². The van der Waals surface area contributed by atoms with Crippen molar-refractivity contribution in [3.05, 3.63) is 53.0 Å². The summed E-state index contributed by atoms with van der Waals surface area (Å²) >= 11 is 3.36. The van der Waals surface area contributed by atoms with Crippen LogP contribution >= 0.6 is 15.9 Å². The number of ether oxygens (including phenoxy) is 1. The van der Waals surface area contributed by atoms with Crippen molar-refractivity contribution >= 4 is 39.1 Å². The second kappa shape index (κ2) is 7.05. The Hall–Kier alpha value is -2.34. The Labute approximate surface area is 148 Å². The summed E-state index contributed by atoms with van der Waals surface area (Å²) in [5.74, 6) is 0.191. The third kappa shape index (κ3) is 3.59. The molecule has 2 aromatic rings. The largest absolute Gasteiger partial charge is 0.497 e. The van der Waals surface area contributed by atoms with Gasteiger partial charge in [-0.1, -0.05) is 15.9 Å². The number of halogens is 1. The average molecular weight is 389 g/mol. The Balaban J connectivity index is 1.67. The molecule has 1 N–H and O–H groups in total. The molecule has 24 heavy (non-hydrogen) atoms. The molecule has 0 radical (unpaired) electrons. The molecule has 1 atom stereocenters. The van der Waals surface area contributed by atoms with Gasteiger partial charge >= 0.3 is 0 Å². The normalized spacial score (nSPS) is 17.0. The van der Waals surface area contributed by atoms with Crippen LogP contribution in [-0.4, -0.2) is 25.5 Å². The number of rotatable bonds is 4. The van der Waals surface area contributed by atoms with Crippen molar-refractivity contribution < 1.29 is 14.3 Å². The van der Waals surface area contributed by atoms with Gasteiger partial charge < -0.3 is 15.0 Å². The number of methoxy groups -OCH3 is 1. The highest BCUT2D eigenvalue weighted by Gasteiger charge is 2.35. The number of amides is 2. The number of nitrogens with one attached hydrogen (secondary N) is 1. The Kier molecular flexibility index (Phi) is 4.85. The smallest absolute Gasteiger partial charge is 0.229 e. The van der Waals surface area contributed by atoms with E-state index in [9.17, 15) is 9.59 Å². The van der Waals surface area contributed by atoms with Crippen LogP contribution in [0.4, 0.5) is 11.4 Å². The maximum Gasteiger partial charge on any atom is 0.229 e. The minimum Gasteiger partial charge on any atom is -0.497 e. The fourth-order valence-corrected chi connectivity index (χ4v) is 2.94. The van der Waals surface area contributed by atoms with Crippen LogP contribution in [0.5, 0.6) is 5.75 Å². The van der Waals surface area contributed by atoms with Crippen molar-refractivity contribution in [2.45, 2.75) is 6.42 Å². The minimum atomic E-state index is -0.358. The molecule has 0 unspecified atom stereocenters. The van der Waals surface area contributed by atoms with Gasteiger partial charge in [-0.05, 0) is 48.5 Å². The van der Waals surface area contributed by atoms with Crippen molar-refractivity contribution in [2.24, 2.45) is 5.92 Å². The topological polar surface area (TPSA) is 58.6 Å². The summed E-state index contributed by atoms with van der Waals surface area (Å²) in [5.41, 5.74) is 1.50. The molecule has 1 fully saturated rings. The molecule has 1 aliphatic rings. The molecule has 6 heteroatoms. The van der Waals surface area contributed by atoms with E-state index in [-0.39, 0.29) is 24.2 Å². The van der Waals surface area contributed by atoms with Gasteiger partial charge in [0.05, 0.1) is 13.0 Å². The van der Waals surface area contributed by atoms with Crippen molar-refractivity contribution in [2.75, 3.05) is 23.9 Å². The molecule has 3 rings (SSSR count). The van der Waals surface area contributed by atoms with Crippen LogP contribution in [-0.2, 0) is 9.59 Å². The van der Waals surface area contributed by atoms with Crippen LogP contribution in [0.3, 0.4) is 0 Å². The van der Waals surface area contributed by atoms with Gasteiger partial charge in [-0.15, -0.1) is 0 Å². The van der Waals surface area contributed by atoms with Crippen LogP contribution in [0.15, 0.2) is 53.0 Å². The Morgan fingerprint density at radius 2 is 1.83 bits per heavy atom. The summed E-state index contributed by atoms with van der Waals surface area (Å²) in [6.45, 7) is 0.382. The molecule has 2 amide bonds. The Morgan fingerprint density at radius 1 is 1.17 bits per heavy atom. The summed E-state index contributed by atoms with van der Waals surface area (Å²) in [6, 6.07) is 14.6. The first kappa shape index (κ1) is 16.5. The first-order chi connectivity index (χ1) is 11.6. The summed E-state index contributed by atoms with van der Waals surface area (Å²) in [5, 5.41) is 2.86. The predicted molar refractivity (Wildman–Crippen MR) is 96.2 cm³/mol. The average Bonchev–Trinajstić information content (AvgIpc) is 2.99. The molecule has 0 spiro atoms. The lowest BCUT2D eigenvalue weighted by atomic mass is 10.1. The van der Waals surface area contributed by atoms with Crippen LogP contribution < -0.4 is 15.0 Å². The second-order valence-electron chi connectivity index (χ2n) is 5.60. The molecule has 0 aromatic heterocycles. The van der Waals surface area contributed by atoms with E-state index in [0.29, 0.717) is 6.54 Å². The zero-order valence-corrected chi connectivity index (χ0v) is 14.7. The minimum absolute atomic E-state index is 0.0453. The zero-order valence-electron chi connectivity index (χ0n) is 13.2. The molecule has 5 nitrogen and oxygen atoms in total. The Morgan fingerprint density at radius 3 is 2.46 bits per heavy atom. The second-order valence-corrected chi connectivity index (χ2v) is 6.52. The molecule has 1 aliphatic heterocycles. The molecule has 0 aliphatic carbocycles. The fraction of sp³-hybridized carbons (Fsp3) is 0.222. The Bertz CT molecular complexity index is 744. The number of anilines is 2. The molecule has 0 bridgehead atoms. The standard InChI is InChI=1S/C18H17BrN2O3/c1-24-16-8-6-15(7-9-16)21-11-12(10-17(21)22)18(23)20-14-4-2-13(19)3-5-14/h2-9,12H,10-11H2,1H3,(H,20,23)/t12-/m0/s1. The number of carbonyl (C=O) groups excluding carboxylic acids is 2. The van der Waals surface area contributed by atoms with Crippen molar-refractivity contribution in [1.82, 2.24) is 0 Å². The van der Waals surface area contributed by atoms with E-state index in [1.807, 2.05) is 36.4 Å². The number of nitrogens with zero attached hydrogens (tertiary/aromatic N) is 1. The third-order valence-electron chi connectivity index (χ3n) is 3.99. The van der Waals surface area contributed by atoms with E-state index in [0.717, 1.165) is 21.6 Å². The first-order valence-corrected chi connectivity index (χ1v) is 8.37. The summed E-state index contributed by atoms with van der Waals surface area (Å²) < 4.78 is 6.07. The van der Waals surface area contributed by atoms with E-state index in [1.54, 1.807) is 24.1 Å². The lowest BCUT2D eigenvalue weighted by molar-refractivity contribution is -0.122. The molecular weight excluding hydrogens is 372 g/mol. The van der Waals surface area contributed by atoms with E-state index in [1.165, 1.54) is 0 Å². The van der Waals surface area contributed by atoms with Crippen molar-refractivity contribution in [1.29, 1.82) is 0 Å². The van der Waals surface area contributed by atoms with Gasteiger partial charge in [0.25, 0.3) is 0 Å². The maximum absolute atomic E-state index is 12.4. The first-order valence-electron chi connectivity index (χ1n) is 7.57. The molecule has 1 saturated heterocycles. The highest BCUT2D eigenvalue weighted by Crippen LogP contribution is 2.27. The van der Waals surface area contributed by atoms with Crippen molar-refractivity contribution in [3.8, 4) is 5.75 Å². The maximum atomic E-state index is 12.4. The van der Waals surface area contributed by atoms with E-state index >= 15 is 0 Å². The van der Waals surface area contributed by atoms with Gasteiger partial charge in [0, 0.05) is 28.8 Å². The fourth-order valence-electron chi connectivity index (χ4n) is 2.67. The molecule has 124 valence electrons. The van der Waals surface area contributed by atoms with Gasteiger partial charge in [0.15, 0.2) is 0 Å². The van der Waals surface area contributed by atoms with Crippen molar-refractivity contribution in [3.63, 3.8) is 0 Å². The molecule has 2 aromatic carbocycles. The number of carbonyl (C=O) groups is 2. The zero-order chi connectivity index (χ0) is 17.1. The van der Waals surface area contributed by atoms with Gasteiger partial charge in [0.1, 0.15) is 5.75 Å². The lowest BCUT2D eigenvalue weighted by Crippen LogP contribution is -2.28. The van der Waals surface area contributed by atoms with E-state index in [4.69, 9.17) is 4.74 Å². The molecule has 1 heterocycles. The molecular formula is C18H17BrN2O3. The van der Waals surface area contributed by atoms with E-state index in [2.05, 4.69) is 21.2 Å². The van der Waals surface area contributed by atoms with Crippen LogP contribution in [0.2, 0.25) is 0 Å². The third-order valence-corrected chi connectivity index (χ3v) is 4.52. The quantitative estimate of drug-likeness (QED) is 0.872. The van der Waals surface area contributed by atoms with Gasteiger partial charge in [-0.25, -0.2) is 0 Å². The lowest BCUT2D eigenvalue weighted by Gasteiger charge is -2.17. The monoisotopic (exact) mass is 388 g/mol. The predicted octanol–water partition coefficient (Wildman–Crippen LogP) is 3.45.